The van der Waals surface area contributed by atoms with Gasteiger partial charge in [0.2, 0.25) is 0 Å². The molecule has 3 heterocycles. The van der Waals surface area contributed by atoms with Gasteiger partial charge in [-0.2, -0.15) is 0 Å². The van der Waals surface area contributed by atoms with Crippen LogP contribution in [0.3, 0.4) is 0 Å². The Balaban J connectivity index is 0.000000180. The normalized spacial score (nSPS) is 9.60. The van der Waals surface area contributed by atoms with E-state index >= 15 is 0 Å². The van der Waals surface area contributed by atoms with Crippen LogP contribution in [0.1, 0.15) is 0 Å². The first kappa shape index (κ1) is 27.6. The number of nitrogens with zero attached hydrogens (tertiary/aromatic N) is 3. The second-order valence-corrected chi connectivity index (χ2v) is 7.06. The van der Waals surface area contributed by atoms with Crippen LogP contribution in [0, 0.1) is 0 Å². The Morgan fingerprint density at radius 3 is 0.914 bits per heavy atom. The molecule has 0 saturated heterocycles. The molecule has 0 saturated carbocycles. The fraction of sp³-hybridized carbons (Fsp3) is 0. The first-order valence-corrected chi connectivity index (χ1v) is 10.2. The number of phenols is 3. The van der Waals surface area contributed by atoms with Gasteiger partial charge in [0.1, 0.15) is 33.8 Å². The van der Waals surface area contributed by atoms with E-state index in [1.807, 2.05) is 54.6 Å². The van der Waals surface area contributed by atoms with E-state index < -0.39 is 0 Å². The van der Waals surface area contributed by atoms with Gasteiger partial charge in [-0.25, -0.2) is 0 Å². The average Bonchev–Trinajstić information content (AvgIpc) is 2.86. The Morgan fingerprint density at radius 2 is 0.657 bits per heavy atom. The maximum Gasteiger partial charge on any atom is 0.187 e. The van der Waals surface area contributed by atoms with E-state index in [1.165, 1.54) is 0 Å². The average molecular weight is 517 g/mol. The first-order chi connectivity index (χ1) is 16.1. The van der Waals surface area contributed by atoms with Crippen molar-refractivity contribution in [1.29, 1.82) is 0 Å². The Hall–Kier alpha value is -3.65. The van der Waals surface area contributed by atoms with E-state index in [0.29, 0.717) is 16.6 Å². The summed E-state index contributed by atoms with van der Waals surface area (Å²) in [6.07, 6.45) is 5.01. The Kier molecular flexibility index (Phi) is 10.5. The van der Waals surface area contributed by atoms with Crippen LogP contribution in [-0.4, -0.2) is 47.6 Å². The molecule has 0 fully saturated rings. The van der Waals surface area contributed by atoms with Crippen molar-refractivity contribution >= 4 is 50.1 Å². The van der Waals surface area contributed by atoms with E-state index in [4.69, 9.17) is 0 Å². The summed E-state index contributed by atoms with van der Waals surface area (Å²) in [5.74, 6) is 0.717. The van der Waals surface area contributed by atoms with E-state index in [1.54, 1.807) is 55.0 Å². The van der Waals surface area contributed by atoms with Gasteiger partial charge in [0, 0.05) is 52.1 Å². The number of fused-ring (bicyclic) bond motifs is 3. The zero-order valence-electron chi connectivity index (χ0n) is 18.0. The second kappa shape index (κ2) is 13.3. The summed E-state index contributed by atoms with van der Waals surface area (Å²) in [4.78, 5) is 12.1. The minimum absolute atomic E-state index is 0. The smallest absolute Gasteiger partial charge is 0.187 e. The quantitative estimate of drug-likeness (QED) is 0.254. The summed E-state index contributed by atoms with van der Waals surface area (Å²) in [7, 11) is 0. The number of para-hydroxylation sites is 3. The number of rotatable bonds is 0. The third kappa shape index (κ3) is 6.93. The van der Waals surface area contributed by atoms with Crippen LogP contribution in [-0.2, 0) is 17.4 Å². The molecule has 0 amide bonds. The van der Waals surface area contributed by atoms with Gasteiger partial charge in [-0.1, -0.05) is 54.6 Å². The number of benzene rings is 3. The molecule has 6 rings (SSSR count). The van der Waals surface area contributed by atoms with Crippen LogP contribution in [0.4, 0.5) is 0 Å². The minimum Gasteiger partial charge on any atom is -0.506 e. The van der Waals surface area contributed by atoms with Crippen molar-refractivity contribution < 1.29 is 32.7 Å². The molecule has 6 aromatic rings. The molecule has 0 atom stereocenters. The maximum absolute atomic E-state index is 9.31. The van der Waals surface area contributed by atoms with Gasteiger partial charge >= 0.3 is 0 Å². The standard InChI is InChI=1S/3C9H7NO.Al.Cr.3H/c3*11-8-5-1-3-7-4-2-6-10-9(7)8;;;;;/h3*1-6,11H;;;;;. The van der Waals surface area contributed by atoms with Crippen molar-refractivity contribution in [2.45, 2.75) is 0 Å². The molecule has 0 bridgehead atoms. The third-order valence-corrected chi connectivity index (χ3v) is 4.83. The van der Waals surface area contributed by atoms with Crippen molar-refractivity contribution in [3.63, 3.8) is 0 Å². The predicted molar refractivity (Wildman–Crippen MR) is 140 cm³/mol. The molecule has 35 heavy (non-hydrogen) atoms. The number of aromatic hydroxyl groups is 3. The van der Waals surface area contributed by atoms with Crippen LogP contribution < -0.4 is 0 Å². The van der Waals surface area contributed by atoms with Crippen LogP contribution >= 0.6 is 0 Å². The van der Waals surface area contributed by atoms with Gasteiger partial charge < -0.3 is 15.3 Å². The van der Waals surface area contributed by atoms with Crippen molar-refractivity contribution in [2.24, 2.45) is 0 Å². The first-order valence-electron chi connectivity index (χ1n) is 10.2. The van der Waals surface area contributed by atoms with Crippen molar-refractivity contribution in [1.82, 2.24) is 15.0 Å². The van der Waals surface area contributed by atoms with Crippen LogP contribution in [0.2, 0.25) is 0 Å². The Morgan fingerprint density at radius 1 is 0.400 bits per heavy atom. The molecule has 0 aliphatic heterocycles. The van der Waals surface area contributed by atoms with Crippen molar-refractivity contribution in [3.8, 4) is 17.2 Å². The number of hydrogen-bond donors (Lipinski definition) is 3. The summed E-state index contributed by atoms with van der Waals surface area (Å²) in [5.41, 5.74) is 1.99. The largest absolute Gasteiger partial charge is 0.506 e. The van der Waals surface area contributed by atoms with E-state index in [2.05, 4.69) is 15.0 Å². The number of aromatic nitrogens is 3. The number of pyridine rings is 3. The topological polar surface area (TPSA) is 99.4 Å². The molecule has 3 aromatic heterocycles. The molecule has 6 nitrogen and oxygen atoms in total. The van der Waals surface area contributed by atoms with E-state index in [9.17, 15) is 15.3 Å². The van der Waals surface area contributed by atoms with Gasteiger partial charge in [0.25, 0.3) is 0 Å². The third-order valence-electron chi connectivity index (χ3n) is 4.83. The van der Waals surface area contributed by atoms with Crippen molar-refractivity contribution in [2.75, 3.05) is 0 Å². The van der Waals surface area contributed by atoms with Gasteiger partial charge in [-0.15, -0.1) is 0 Å². The maximum atomic E-state index is 9.31. The number of phenolic OH excluding ortho intramolecular Hbond substituents is 3. The van der Waals surface area contributed by atoms with Crippen molar-refractivity contribution in [3.05, 3.63) is 110 Å². The molecular weight excluding hydrogens is 493 g/mol. The monoisotopic (exact) mass is 517 g/mol. The van der Waals surface area contributed by atoms with Crippen LogP contribution in [0.15, 0.2) is 110 Å². The molecular formula is C27H24AlCrN3O3. The summed E-state index contributed by atoms with van der Waals surface area (Å²) in [6, 6.07) is 27.4. The SMILES string of the molecule is Oc1cccc2cccnc12.Oc1cccc2cccnc12.Oc1cccc2cccnc12.[AlH3].[Cr]. The fourth-order valence-electron chi connectivity index (χ4n) is 3.26. The Bertz CT molecular complexity index is 1330. The zero-order valence-corrected chi connectivity index (χ0v) is 19.3. The summed E-state index contributed by atoms with van der Waals surface area (Å²) in [6.45, 7) is 0. The predicted octanol–water partition coefficient (Wildman–Crippen LogP) is 4.63. The summed E-state index contributed by atoms with van der Waals surface area (Å²) >= 11 is 0. The molecule has 0 aliphatic rings. The zero-order chi connectivity index (χ0) is 23.0. The van der Waals surface area contributed by atoms with Crippen LogP contribution in [0.5, 0.6) is 17.2 Å². The summed E-state index contributed by atoms with van der Waals surface area (Å²) < 4.78 is 0. The number of hydrogen-bond acceptors (Lipinski definition) is 6. The molecule has 3 N–H and O–H groups in total. The van der Waals surface area contributed by atoms with Gasteiger partial charge in [-0.3, -0.25) is 15.0 Å². The molecule has 0 aliphatic carbocycles. The Labute approximate surface area is 223 Å². The molecule has 3 aromatic carbocycles. The second-order valence-electron chi connectivity index (χ2n) is 7.06. The summed E-state index contributed by atoms with van der Waals surface area (Å²) in [5, 5.41) is 30.8. The van der Waals surface area contributed by atoms with E-state index in [-0.39, 0.29) is 52.0 Å². The molecule has 0 spiro atoms. The van der Waals surface area contributed by atoms with Gasteiger partial charge in [0.05, 0.1) is 0 Å². The minimum atomic E-state index is 0. The molecule has 0 radical (unpaired) electrons. The molecule has 174 valence electrons. The fourth-order valence-corrected chi connectivity index (χ4v) is 3.26. The van der Waals surface area contributed by atoms with Gasteiger partial charge in [0.15, 0.2) is 17.4 Å². The molecule has 8 heteroatoms. The molecule has 0 unspecified atom stereocenters. The van der Waals surface area contributed by atoms with E-state index in [0.717, 1.165) is 16.2 Å². The van der Waals surface area contributed by atoms with Crippen LogP contribution in [0.25, 0.3) is 32.7 Å². The van der Waals surface area contributed by atoms with Gasteiger partial charge in [-0.05, 0) is 36.4 Å².